The van der Waals surface area contributed by atoms with E-state index in [1.54, 1.807) is 17.8 Å². The Morgan fingerprint density at radius 3 is 2.42 bits per heavy atom. The second kappa shape index (κ2) is 6.41. The molecule has 2 aromatic carbocycles. The van der Waals surface area contributed by atoms with Crippen LogP contribution < -0.4 is 5.73 Å². The van der Waals surface area contributed by atoms with Gasteiger partial charge in [-0.2, -0.15) is 0 Å². The van der Waals surface area contributed by atoms with Crippen LogP contribution in [0.3, 0.4) is 0 Å². The quantitative estimate of drug-likeness (QED) is 0.852. The van der Waals surface area contributed by atoms with Crippen LogP contribution in [-0.2, 0) is 6.54 Å². The lowest BCUT2D eigenvalue weighted by Crippen LogP contribution is -2.00. The van der Waals surface area contributed by atoms with Gasteiger partial charge in [-0.15, -0.1) is 11.8 Å². The summed E-state index contributed by atoms with van der Waals surface area (Å²) in [5.74, 6) is -1.67. The van der Waals surface area contributed by atoms with E-state index in [1.807, 2.05) is 24.5 Å². The van der Waals surface area contributed by atoms with Gasteiger partial charge in [-0.1, -0.05) is 17.8 Å². The van der Waals surface area contributed by atoms with E-state index in [0.717, 1.165) is 21.4 Å². The highest BCUT2D eigenvalue weighted by molar-refractivity contribution is 8.00. The van der Waals surface area contributed by atoms with Gasteiger partial charge in [-0.25, -0.2) is 8.78 Å². The molecule has 0 aliphatic rings. The van der Waals surface area contributed by atoms with Crippen molar-refractivity contribution in [2.24, 2.45) is 5.73 Å². The van der Waals surface area contributed by atoms with Gasteiger partial charge in [0.1, 0.15) is 0 Å². The monoisotopic (exact) mass is 297 g/mol. The number of halogens is 2. The van der Waals surface area contributed by atoms with Crippen molar-refractivity contribution in [3.8, 4) is 0 Å². The van der Waals surface area contributed by atoms with Gasteiger partial charge in [0.2, 0.25) is 0 Å². The van der Waals surface area contributed by atoms with Crippen molar-refractivity contribution in [2.75, 3.05) is 6.26 Å². The predicted octanol–water partition coefficient (Wildman–Crippen LogP) is 4.30. The van der Waals surface area contributed by atoms with Gasteiger partial charge in [0.15, 0.2) is 11.6 Å². The molecule has 0 spiro atoms. The Labute approximate surface area is 119 Å². The van der Waals surface area contributed by atoms with E-state index in [0.29, 0.717) is 11.4 Å². The van der Waals surface area contributed by atoms with E-state index in [4.69, 9.17) is 5.73 Å². The van der Waals surface area contributed by atoms with Crippen LogP contribution in [0.1, 0.15) is 5.56 Å². The molecular weight excluding hydrogens is 284 g/mol. The number of benzene rings is 2. The van der Waals surface area contributed by atoms with Crippen molar-refractivity contribution in [1.29, 1.82) is 0 Å². The van der Waals surface area contributed by atoms with Crippen molar-refractivity contribution in [3.05, 3.63) is 53.6 Å². The molecule has 0 heterocycles. The molecule has 0 saturated heterocycles. The number of hydrogen-bond donors (Lipinski definition) is 1. The van der Waals surface area contributed by atoms with Crippen LogP contribution in [0.25, 0.3) is 0 Å². The Morgan fingerprint density at radius 1 is 1.05 bits per heavy atom. The fourth-order valence-electron chi connectivity index (χ4n) is 1.70. The zero-order valence-corrected chi connectivity index (χ0v) is 12.0. The molecule has 0 unspecified atom stereocenters. The molecule has 2 aromatic rings. The minimum atomic E-state index is -0.833. The molecule has 5 heteroatoms. The first-order chi connectivity index (χ1) is 9.15. The van der Waals surface area contributed by atoms with Crippen LogP contribution in [0.4, 0.5) is 8.78 Å². The summed E-state index contributed by atoms with van der Waals surface area (Å²) < 4.78 is 26.1. The first-order valence-electron chi connectivity index (χ1n) is 5.64. The molecule has 2 rings (SSSR count). The molecule has 0 amide bonds. The van der Waals surface area contributed by atoms with Crippen molar-refractivity contribution in [1.82, 2.24) is 0 Å². The maximum Gasteiger partial charge on any atom is 0.159 e. The Hall–Kier alpha value is -1.04. The lowest BCUT2D eigenvalue weighted by molar-refractivity contribution is 0.506. The summed E-state index contributed by atoms with van der Waals surface area (Å²) in [4.78, 5) is 2.74. The molecule has 2 N–H and O–H groups in total. The first kappa shape index (κ1) is 14.4. The summed E-state index contributed by atoms with van der Waals surface area (Å²) in [6.45, 7) is 0.420. The summed E-state index contributed by atoms with van der Waals surface area (Å²) in [6, 6.07) is 9.78. The summed E-state index contributed by atoms with van der Waals surface area (Å²) >= 11 is 3.01. The average molecular weight is 297 g/mol. The van der Waals surface area contributed by atoms with E-state index >= 15 is 0 Å². The van der Waals surface area contributed by atoms with Crippen LogP contribution in [0.5, 0.6) is 0 Å². The standard InChI is InChI=1S/C14H13F2NS2/c1-18-13-3-2-4-14(10(13)8-17)19-9-5-6-11(15)12(16)7-9/h2-7H,8,17H2,1H3. The summed E-state index contributed by atoms with van der Waals surface area (Å²) in [5.41, 5.74) is 6.81. The number of nitrogens with two attached hydrogens (primary N) is 1. The Morgan fingerprint density at radius 2 is 1.79 bits per heavy atom. The number of hydrogen-bond acceptors (Lipinski definition) is 3. The lowest BCUT2D eigenvalue weighted by Gasteiger charge is -2.11. The SMILES string of the molecule is CSc1cccc(Sc2ccc(F)c(F)c2)c1CN. The molecule has 19 heavy (non-hydrogen) atoms. The maximum atomic E-state index is 13.2. The third-order valence-corrected chi connectivity index (χ3v) is 4.55. The van der Waals surface area contributed by atoms with Crippen molar-refractivity contribution >= 4 is 23.5 Å². The molecule has 0 radical (unpaired) electrons. The van der Waals surface area contributed by atoms with Crippen LogP contribution in [-0.4, -0.2) is 6.26 Å². The lowest BCUT2D eigenvalue weighted by atomic mass is 10.2. The van der Waals surface area contributed by atoms with Gasteiger partial charge in [0.05, 0.1) is 0 Å². The summed E-state index contributed by atoms with van der Waals surface area (Å²) in [5, 5.41) is 0. The molecular formula is C14H13F2NS2. The van der Waals surface area contributed by atoms with E-state index in [-0.39, 0.29) is 0 Å². The third-order valence-electron chi connectivity index (χ3n) is 2.63. The number of rotatable bonds is 4. The summed E-state index contributed by atoms with van der Waals surface area (Å²) in [7, 11) is 0. The van der Waals surface area contributed by atoms with Crippen LogP contribution >= 0.6 is 23.5 Å². The molecule has 0 saturated carbocycles. The first-order valence-corrected chi connectivity index (χ1v) is 7.68. The highest BCUT2D eigenvalue weighted by Gasteiger charge is 2.09. The minimum absolute atomic E-state index is 0.420. The highest BCUT2D eigenvalue weighted by atomic mass is 32.2. The van der Waals surface area contributed by atoms with Gasteiger partial charge < -0.3 is 5.73 Å². The average Bonchev–Trinajstić information content (AvgIpc) is 2.42. The van der Waals surface area contributed by atoms with E-state index in [1.165, 1.54) is 17.8 Å². The Bertz CT molecular complexity index is 588. The Balaban J connectivity index is 2.35. The van der Waals surface area contributed by atoms with Gasteiger partial charge in [0, 0.05) is 21.2 Å². The van der Waals surface area contributed by atoms with Gasteiger partial charge in [-0.05, 0) is 42.2 Å². The number of thioether (sulfide) groups is 1. The highest BCUT2D eigenvalue weighted by Crippen LogP contribution is 2.35. The third kappa shape index (κ3) is 3.29. The van der Waals surface area contributed by atoms with E-state index < -0.39 is 11.6 Å². The van der Waals surface area contributed by atoms with Crippen molar-refractivity contribution in [3.63, 3.8) is 0 Å². The molecule has 0 aliphatic carbocycles. The summed E-state index contributed by atoms with van der Waals surface area (Å²) in [6.07, 6.45) is 1.99. The minimum Gasteiger partial charge on any atom is -0.326 e. The second-order valence-electron chi connectivity index (χ2n) is 3.82. The van der Waals surface area contributed by atoms with Crippen molar-refractivity contribution in [2.45, 2.75) is 21.2 Å². The molecule has 0 fully saturated rings. The maximum absolute atomic E-state index is 13.2. The van der Waals surface area contributed by atoms with Crippen LogP contribution in [0.15, 0.2) is 51.1 Å². The molecule has 0 atom stereocenters. The van der Waals surface area contributed by atoms with Crippen molar-refractivity contribution < 1.29 is 8.78 Å². The second-order valence-corrected chi connectivity index (χ2v) is 5.78. The smallest absolute Gasteiger partial charge is 0.159 e. The molecule has 0 aromatic heterocycles. The zero-order chi connectivity index (χ0) is 13.8. The van der Waals surface area contributed by atoms with Crippen LogP contribution in [0, 0.1) is 11.6 Å². The topological polar surface area (TPSA) is 26.0 Å². The van der Waals surface area contributed by atoms with Gasteiger partial charge in [-0.3, -0.25) is 0 Å². The zero-order valence-electron chi connectivity index (χ0n) is 10.3. The normalized spacial score (nSPS) is 10.7. The fourth-order valence-corrected chi connectivity index (χ4v) is 3.44. The molecule has 1 nitrogen and oxygen atoms in total. The predicted molar refractivity (Wildman–Crippen MR) is 76.6 cm³/mol. The fraction of sp³-hybridized carbons (Fsp3) is 0.143. The van der Waals surface area contributed by atoms with E-state index in [2.05, 4.69) is 0 Å². The Kier molecular flexibility index (Phi) is 4.85. The largest absolute Gasteiger partial charge is 0.326 e. The van der Waals surface area contributed by atoms with Crippen LogP contribution in [0.2, 0.25) is 0 Å². The molecule has 0 bridgehead atoms. The van der Waals surface area contributed by atoms with E-state index in [9.17, 15) is 8.78 Å². The molecule has 0 aliphatic heterocycles. The molecule has 100 valence electrons. The van der Waals surface area contributed by atoms with Gasteiger partial charge >= 0.3 is 0 Å². The van der Waals surface area contributed by atoms with Gasteiger partial charge in [0.25, 0.3) is 0 Å².